The van der Waals surface area contributed by atoms with Crippen molar-refractivity contribution in [1.82, 2.24) is 24.6 Å². The molecule has 2 aromatic carbocycles. The fourth-order valence-electron chi connectivity index (χ4n) is 4.58. The van der Waals surface area contributed by atoms with Gasteiger partial charge in [0, 0.05) is 31.3 Å². The maximum absolute atomic E-state index is 13.9. The highest BCUT2D eigenvalue weighted by molar-refractivity contribution is 7.92. The Bertz CT molecular complexity index is 1650. The molecule has 1 aliphatic rings. The number of aromatic nitrogens is 4. The summed E-state index contributed by atoms with van der Waals surface area (Å²) in [5.41, 5.74) is 3.77. The lowest BCUT2D eigenvalue weighted by atomic mass is 10.00. The number of rotatable bonds is 9. The first-order valence-corrected chi connectivity index (χ1v) is 14.2. The van der Waals surface area contributed by atoms with Crippen molar-refractivity contribution in [3.63, 3.8) is 0 Å². The molecule has 1 N–H and O–H groups in total. The van der Waals surface area contributed by atoms with Crippen LogP contribution in [-0.4, -0.2) is 58.2 Å². The first-order valence-electron chi connectivity index (χ1n) is 12.7. The largest absolute Gasteiger partial charge is 0.470 e. The molecule has 40 heavy (non-hydrogen) atoms. The van der Waals surface area contributed by atoms with Gasteiger partial charge in [0.15, 0.2) is 0 Å². The molecule has 0 unspecified atom stereocenters. The average molecular weight is 565 g/mol. The van der Waals surface area contributed by atoms with Gasteiger partial charge in [-0.05, 0) is 43.0 Å². The topological polar surface area (TPSA) is 119 Å². The van der Waals surface area contributed by atoms with Crippen LogP contribution in [-0.2, 0) is 28.3 Å². The van der Waals surface area contributed by atoms with E-state index in [1.165, 1.54) is 23.1 Å². The molecule has 0 radical (unpaired) electrons. The van der Waals surface area contributed by atoms with Crippen LogP contribution in [0.25, 0.3) is 11.3 Å². The van der Waals surface area contributed by atoms with Gasteiger partial charge in [-0.1, -0.05) is 36.4 Å². The number of hydrogen-bond donors (Lipinski definition) is 1. The van der Waals surface area contributed by atoms with Crippen molar-refractivity contribution in [3.8, 4) is 17.1 Å². The summed E-state index contributed by atoms with van der Waals surface area (Å²) < 4.78 is 49.7. The normalized spacial score (nSPS) is 13.7. The number of hydrogen-bond acceptors (Lipinski definition) is 7. The lowest BCUT2D eigenvalue weighted by Crippen LogP contribution is -2.56. The molecule has 208 valence electrons. The van der Waals surface area contributed by atoms with Crippen LogP contribution in [0, 0.1) is 19.7 Å². The van der Waals surface area contributed by atoms with Gasteiger partial charge in [0.1, 0.15) is 16.8 Å². The van der Waals surface area contributed by atoms with Crippen molar-refractivity contribution in [1.29, 1.82) is 0 Å². The summed E-state index contributed by atoms with van der Waals surface area (Å²) in [6, 6.07) is 13.9. The van der Waals surface area contributed by atoms with E-state index in [2.05, 4.69) is 19.8 Å². The SMILES string of the molecule is Cc1cccc(C)c1-c1cc(OC2CN(C(=O)CCc3ccccc3F)C2)nc(NS(=O)(=O)c2cnn(C)c2)n1. The number of amides is 1. The molecule has 12 heteroatoms. The summed E-state index contributed by atoms with van der Waals surface area (Å²) in [6.07, 6.45) is 2.79. The van der Waals surface area contributed by atoms with Crippen molar-refractivity contribution in [2.24, 2.45) is 7.05 Å². The molecule has 1 saturated heterocycles. The van der Waals surface area contributed by atoms with Crippen molar-refractivity contribution in [3.05, 3.63) is 83.4 Å². The van der Waals surface area contributed by atoms with Crippen LogP contribution in [0.2, 0.25) is 0 Å². The molecule has 1 fully saturated rings. The zero-order valence-electron chi connectivity index (χ0n) is 22.3. The van der Waals surface area contributed by atoms with Gasteiger partial charge in [-0.2, -0.15) is 10.1 Å². The number of aryl methyl sites for hydroxylation is 4. The number of carbonyl (C=O) groups is 1. The highest BCUT2D eigenvalue weighted by atomic mass is 32.2. The van der Waals surface area contributed by atoms with Crippen LogP contribution >= 0.6 is 0 Å². The molecule has 0 atom stereocenters. The zero-order chi connectivity index (χ0) is 28.4. The van der Waals surface area contributed by atoms with Crippen molar-refractivity contribution >= 4 is 21.9 Å². The zero-order valence-corrected chi connectivity index (χ0v) is 23.2. The minimum absolute atomic E-state index is 0.0259. The summed E-state index contributed by atoms with van der Waals surface area (Å²) in [5, 5.41) is 3.93. The van der Waals surface area contributed by atoms with Crippen LogP contribution in [0.4, 0.5) is 10.3 Å². The second-order valence-electron chi connectivity index (χ2n) is 9.77. The van der Waals surface area contributed by atoms with E-state index in [1.807, 2.05) is 32.0 Å². The molecular formula is C28H29FN6O4S. The van der Waals surface area contributed by atoms with Crippen LogP contribution in [0.5, 0.6) is 5.88 Å². The minimum Gasteiger partial charge on any atom is -0.470 e. The van der Waals surface area contributed by atoms with E-state index in [1.54, 1.807) is 36.2 Å². The summed E-state index contributed by atoms with van der Waals surface area (Å²) in [5.74, 6) is -0.374. The maximum atomic E-state index is 13.9. The molecule has 1 aliphatic heterocycles. The van der Waals surface area contributed by atoms with Gasteiger partial charge in [0.2, 0.25) is 17.7 Å². The van der Waals surface area contributed by atoms with Crippen LogP contribution < -0.4 is 9.46 Å². The Morgan fingerprint density at radius 1 is 1.10 bits per heavy atom. The maximum Gasteiger partial charge on any atom is 0.267 e. The Hall–Kier alpha value is -4.32. The average Bonchev–Trinajstić information content (AvgIpc) is 3.32. The predicted molar refractivity (Wildman–Crippen MR) is 147 cm³/mol. The second kappa shape index (κ2) is 11.0. The number of likely N-dealkylation sites (tertiary alicyclic amines) is 1. The number of nitrogens with one attached hydrogen (secondary N) is 1. The fraction of sp³-hybridized carbons (Fsp3) is 0.286. The Morgan fingerprint density at radius 3 is 2.50 bits per heavy atom. The number of nitrogens with zero attached hydrogens (tertiary/aromatic N) is 5. The minimum atomic E-state index is -3.99. The highest BCUT2D eigenvalue weighted by Crippen LogP contribution is 2.30. The first-order chi connectivity index (χ1) is 19.1. The lowest BCUT2D eigenvalue weighted by Gasteiger charge is -2.38. The van der Waals surface area contributed by atoms with Gasteiger partial charge >= 0.3 is 0 Å². The molecule has 0 saturated carbocycles. The molecule has 0 spiro atoms. The number of carbonyl (C=O) groups excluding carboxylic acids is 1. The van der Waals surface area contributed by atoms with E-state index in [-0.39, 0.29) is 41.0 Å². The van der Waals surface area contributed by atoms with E-state index >= 15 is 0 Å². The van der Waals surface area contributed by atoms with Gasteiger partial charge in [-0.15, -0.1) is 0 Å². The Labute approximate surface area is 231 Å². The second-order valence-corrected chi connectivity index (χ2v) is 11.4. The smallest absolute Gasteiger partial charge is 0.267 e. The fourth-order valence-corrected chi connectivity index (χ4v) is 5.51. The molecule has 2 aromatic heterocycles. The standard InChI is InChI=1S/C28H29FN6O4S/c1-18-7-6-8-19(2)27(18)24-13-25(32-28(31-24)33-40(37,38)22-14-30-34(3)17-22)39-21-15-35(16-21)26(36)12-11-20-9-4-5-10-23(20)29/h4-10,13-14,17,21H,11-12,15-16H2,1-3H3,(H,31,32,33). The van der Waals surface area contributed by atoms with Crippen LogP contribution in [0.3, 0.4) is 0 Å². The van der Waals surface area contributed by atoms with E-state index in [0.717, 1.165) is 16.7 Å². The van der Waals surface area contributed by atoms with Gasteiger partial charge < -0.3 is 9.64 Å². The van der Waals surface area contributed by atoms with Crippen LogP contribution in [0.1, 0.15) is 23.1 Å². The van der Waals surface area contributed by atoms with Gasteiger partial charge in [0.25, 0.3) is 10.0 Å². The van der Waals surface area contributed by atoms with E-state index in [9.17, 15) is 17.6 Å². The Kier molecular flexibility index (Phi) is 7.53. The summed E-state index contributed by atoms with van der Waals surface area (Å²) in [4.78, 5) is 23.0. The van der Waals surface area contributed by atoms with E-state index in [4.69, 9.17) is 4.74 Å². The number of ether oxygens (including phenoxy) is 1. The third-order valence-electron chi connectivity index (χ3n) is 6.71. The molecule has 4 aromatic rings. The van der Waals surface area contributed by atoms with Crippen LogP contribution in [0.15, 0.2) is 65.8 Å². The molecule has 3 heterocycles. The predicted octanol–water partition coefficient (Wildman–Crippen LogP) is 3.66. The summed E-state index contributed by atoms with van der Waals surface area (Å²) in [7, 11) is -2.37. The Balaban J connectivity index is 1.32. The summed E-state index contributed by atoms with van der Waals surface area (Å²) in [6.45, 7) is 4.58. The lowest BCUT2D eigenvalue weighted by molar-refractivity contribution is -0.140. The number of benzene rings is 2. The monoisotopic (exact) mass is 564 g/mol. The van der Waals surface area contributed by atoms with Crippen molar-refractivity contribution in [2.45, 2.75) is 37.7 Å². The molecular weight excluding hydrogens is 535 g/mol. The number of sulfonamides is 1. The first kappa shape index (κ1) is 27.3. The quantitative estimate of drug-likeness (QED) is 0.330. The highest BCUT2D eigenvalue weighted by Gasteiger charge is 2.33. The van der Waals surface area contributed by atoms with E-state index in [0.29, 0.717) is 30.8 Å². The molecule has 1 amide bonds. The van der Waals surface area contributed by atoms with E-state index < -0.39 is 10.0 Å². The number of anilines is 1. The molecule has 0 aliphatic carbocycles. The van der Waals surface area contributed by atoms with Crippen molar-refractivity contribution in [2.75, 3.05) is 17.8 Å². The van der Waals surface area contributed by atoms with Gasteiger partial charge in [0.05, 0.1) is 25.0 Å². The molecule has 0 bridgehead atoms. The third-order valence-corrected chi connectivity index (χ3v) is 7.99. The molecule has 5 rings (SSSR count). The number of halogens is 1. The third kappa shape index (κ3) is 5.96. The Morgan fingerprint density at radius 2 is 1.82 bits per heavy atom. The van der Waals surface area contributed by atoms with Gasteiger partial charge in [-0.3, -0.25) is 9.48 Å². The molecule has 10 nitrogen and oxygen atoms in total. The van der Waals surface area contributed by atoms with Gasteiger partial charge in [-0.25, -0.2) is 22.5 Å². The van der Waals surface area contributed by atoms with Crippen molar-refractivity contribution < 1.29 is 22.3 Å². The summed E-state index contributed by atoms with van der Waals surface area (Å²) >= 11 is 0.